The first-order valence-corrected chi connectivity index (χ1v) is 2.82. The van der Waals surface area contributed by atoms with Crippen molar-refractivity contribution in [3.63, 3.8) is 0 Å². The van der Waals surface area contributed by atoms with Crippen LogP contribution >= 0.6 is 0 Å². The molecule has 0 atom stereocenters. The van der Waals surface area contributed by atoms with Gasteiger partial charge in [-0.2, -0.15) is 0 Å². The summed E-state index contributed by atoms with van der Waals surface area (Å²) in [6.45, 7) is 1.94. The summed E-state index contributed by atoms with van der Waals surface area (Å²) in [7, 11) is 0. The second-order valence-electron chi connectivity index (χ2n) is 2.08. The van der Waals surface area contributed by atoms with Crippen LogP contribution in [0.1, 0.15) is 0 Å². The molecule has 1 fully saturated rings. The number of hydroxylamine groups is 4. The van der Waals surface area contributed by atoms with Gasteiger partial charge in [-0.15, -0.1) is 0 Å². The summed E-state index contributed by atoms with van der Waals surface area (Å²) in [6, 6.07) is 0. The first-order valence-electron chi connectivity index (χ1n) is 2.82. The number of nitrogens with one attached hydrogen (secondary N) is 2. The van der Waals surface area contributed by atoms with Crippen LogP contribution in [-0.4, -0.2) is 53.5 Å². The molecule has 0 amide bonds. The molecule has 54 valence electrons. The Bertz CT molecular complexity index is 65.0. The van der Waals surface area contributed by atoms with E-state index in [0.29, 0.717) is 26.2 Å². The van der Waals surface area contributed by atoms with Crippen LogP contribution in [0.3, 0.4) is 0 Å². The van der Waals surface area contributed by atoms with Gasteiger partial charge in [0.2, 0.25) is 0 Å². The molecule has 0 unspecified atom stereocenters. The van der Waals surface area contributed by atoms with Gasteiger partial charge in [-0.1, -0.05) is 0 Å². The zero-order valence-corrected chi connectivity index (χ0v) is 10.8. The van der Waals surface area contributed by atoms with E-state index in [-0.39, 0.29) is 37.4 Å². The molecule has 2 N–H and O–H groups in total. The van der Waals surface area contributed by atoms with Gasteiger partial charge in [0.05, 0.1) is 0 Å². The molecule has 9 heavy (non-hydrogen) atoms. The van der Waals surface area contributed by atoms with Crippen LogP contribution in [0.25, 0.3) is 0 Å². The number of hydrogen-bond donors (Lipinski definition) is 2. The zero-order chi connectivity index (χ0) is 5.98. The van der Waals surface area contributed by atoms with Gasteiger partial charge in [-0.05, 0) is 0 Å². The van der Waals surface area contributed by atoms with E-state index in [1.54, 1.807) is 0 Å². The van der Waals surface area contributed by atoms with E-state index in [4.69, 9.17) is 0 Å². The van der Waals surface area contributed by atoms with Crippen molar-refractivity contribution >= 4 is 27.3 Å². The van der Waals surface area contributed by atoms with Crippen molar-refractivity contribution in [3.05, 3.63) is 10.4 Å². The molecular formula is C4H12N2O2Pb. The van der Waals surface area contributed by atoms with Crippen LogP contribution in [0, 0.1) is 10.4 Å². The summed E-state index contributed by atoms with van der Waals surface area (Å²) in [4.78, 5) is 0. The van der Waals surface area contributed by atoms with Crippen molar-refractivity contribution in [1.82, 2.24) is 0 Å². The summed E-state index contributed by atoms with van der Waals surface area (Å²) in [6.07, 6.45) is 0. The Balaban J connectivity index is 0.000000640. The molecule has 0 aromatic carbocycles. The van der Waals surface area contributed by atoms with E-state index < -0.39 is 0 Å². The molecule has 5 heteroatoms. The predicted octanol–water partition coefficient (Wildman–Crippen LogP) is -4.15. The molecule has 0 bridgehead atoms. The molecule has 1 rings (SSSR count). The van der Waals surface area contributed by atoms with Crippen molar-refractivity contribution in [2.24, 2.45) is 0 Å². The fourth-order valence-electron chi connectivity index (χ4n) is 0.808. The summed E-state index contributed by atoms with van der Waals surface area (Å²) in [5.74, 6) is 0. The normalized spacial score (nSPS) is 35.3. The molecule has 1 aliphatic rings. The molecule has 1 heterocycles. The summed E-state index contributed by atoms with van der Waals surface area (Å²) in [5, 5.41) is 21.4. The van der Waals surface area contributed by atoms with Gasteiger partial charge in [0.15, 0.2) is 0 Å². The van der Waals surface area contributed by atoms with Crippen LogP contribution in [0.4, 0.5) is 0 Å². The van der Waals surface area contributed by atoms with E-state index in [1.165, 1.54) is 0 Å². The number of quaternary nitrogens is 2. The first kappa shape index (κ1) is 9.76. The SMILES string of the molecule is [O-][NH+]1CC[NH+]([O-])CC1.[PbH2]. The molecule has 0 aliphatic carbocycles. The quantitative estimate of drug-likeness (QED) is 0.351. The van der Waals surface area contributed by atoms with Gasteiger partial charge in [-0.25, -0.2) is 0 Å². The Morgan fingerprint density at radius 3 is 1.22 bits per heavy atom. The molecule has 1 aliphatic heterocycles. The molecule has 0 saturated carbocycles. The third-order valence-corrected chi connectivity index (χ3v) is 1.37. The minimum absolute atomic E-state index is 0. The molecule has 0 aromatic heterocycles. The van der Waals surface area contributed by atoms with Gasteiger partial charge >= 0.3 is 27.3 Å². The zero-order valence-electron chi connectivity index (χ0n) is 5.35. The number of hydrogen-bond acceptors (Lipinski definition) is 2. The van der Waals surface area contributed by atoms with E-state index >= 15 is 0 Å². The van der Waals surface area contributed by atoms with Crippen molar-refractivity contribution < 1.29 is 10.1 Å². The van der Waals surface area contributed by atoms with Gasteiger partial charge in [0.25, 0.3) is 0 Å². The van der Waals surface area contributed by atoms with E-state index in [1.807, 2.05) is 0 Å². The van der Waals surface area contributed by atoms with Crippen LogP contribution in [0.15, 0.2) is 0 Å². The maximum atomic E-state index is 10.5. The Labute approximate surface area is 74.1 Å². The van der Waals surface area contributed by atoms with Gasteiger partial charge in [0.1, 0.15) is 26.2 Å². The Morgan fingerprint density at radius 1 is 0.778 bits per heavy atom. The minimum atomic E-state index is 0. The molecule has 1 saturated heterocycles. The monoisotopic (exact) mass is 328 g/mol. The van der Waals surface area contributed by atoms with Crippen molar-refractivity contribution in [2.75, 3.05) is 26.2 Å². The standard InChI is InChI=1S/C4H10N2O2.Pb.2H/c7-5-1-2-6(8)4-3-5;;;/h5-6H,1-4H2;;;. The fourth-order valence-corrected chi connectivity index (χ4v) is 0.808. The van der Waals surface area contributed by atoms with Crippen LogP contribution in [0.2, 0.25) is 0 Å². The van der Waals surface area contributed by atoms with Crippen molar-refractivity contribution in [3.8, 4) is 0 Å². The summed E-state index contributed by atoms with van der Waals surface area (Å²) >= 11 is 0. The number of piperazine rings is 1. The average Bonchev–Trinajstić information content (AvgIpc) is 1.77. The van der Waals surface area contributed by atoms with Crippen LogP contribution < -0.4 is 10.1 Å². The van der Waals surface area contributed by atoms with Crippen molar-refractivity contribution in [1.29, 1.82) is 0 Å². The fraction of sp³-hybridized carbons (Fsp3) is 1.00. The summed E-state index contributed by atoms with van der Waals surface area (Å²) in [5.41, 5.74) is 0. The molecular weight excluding hydrogens is 315 g/mol. The van der Waals surface area contributed by atoms with Gasteiger partial charge in [0, 0.05) is 0 Å². The topological polar surface area (TPSA) is 55.0 Å². The first-order chi connectivity index (χ1) is 3.79. The predicted molar refractivity (Wildman–Crippen MR) is 36.7 cm³/mol. The maximum absolute atomic E-state index is 10.5. The Morgan fingerprint density at radius 2 is 1.00 bits per heavy atom. The van der Waals surface area contributed by atoms with E-state index in [2.05, 4.69) is 0 Å². The third kappa shape index (κ3) is 3.46. The molecule has 4 nitrogen and oxygen atoms in total. The van der Waals surface area contributed by atoms with Crippen LogP contribution in [-0.2, 0) is 0 Å². The number of rotatable bonds is 0. The Hall–Kier alpha value is 0.762. The van der Waals surface area contributed by atoms with Crippen LogP contribution in [0.5, 0.6) is 0 Å². The molecule has 2 radical (unpaired) electrons. The Kier molecular flexibility index (Phi) is 4.94. The van der Waals surface area contributed by atoms with Crippen molar-refractivity contribution in [2.45, 2.75) is 0 Å². The average molecular weight is 327 g/mol. The second kappa shape index (κ2) is 4.56. The molecule has 0 spiro atoms. The molecule has 0 aromatic rings. The van der Waals surface area contributed by atoms with E-state index in [9.17, 15) is 10.4 Å². The van der Waals surface area contributed by atoms with Gasteiger partial charge < -0.3 is 20.5 Å². The van der Waals surface area contributed by atoms with E-state index in [0.717, 1.165) is 0 Å². The second-order valence-corrected chi connectivity index (χ2v) is 2.08. The third-order valence-electron chi connectivity index (χ3n) is 1.37. The van der Waals surface area contributed by atoms with Gasteiger partial charge in [-0.3, -0.25) is 0 Å². The summed E-state index contributed by atoms with van der Waals surface area (Å²) < 4.78 is 0.